The van der Waals surface area contributed by atoms with Crippen LogP contribution >= 0.6 is 0 Å². The van der Waals surface area contributed by atoms with Crippen LogP contribution in [0.15, 0.2) is 22.8 Å². The van der Waals surface area contributed by atoms with Gasteiger partial charge < -0.3 is 15.1 Å². The van der Waals surface area contributed by atoms with Crippen LogP contribution in [0, 0.1) is 0 Å². The van der Waals surface area contributed by atoms with Gasteiger partial charge in [0.05, 0.1) is 12.8 Å². The molecule has 0 aromatic carbocycles. The van der Waals surface area contributed by atoms with Gasteiger partial charge in [-0.2, -0.15) is 0 Å². The second kappa shape index (κ2) is 6.97. The summed E-state index contributed by atoms with van der Waals surface area (Å²) in [6.45, 7) is 0.322. The van der Waals surface area contributed by atoms with E-state index in [1.165, 1.54) is 6.42 Å². The highest BCUT2D eigenvalue weighted by Gasteiger charge is 2.17. The lowest BCUT2D eigenvalue weighted by molar-refractivity contribution is -0.129. The Bertz CT molecular complexity index is 408. The van der Waals surface area contributed by atoms with Crippen LogP contribution in [0.2, 0.25) is 0 Å². The molecule has 5 nitrogen and oxygen atoms in total. The highest BCUT2D eigenvalue weighted by molar-refractivity contribution is 5.96. The van der Waals surface area contributed by atoms with E-state index in [4.69, 9.17) is 4.42 Å². The Morgan fingerprint density at radius 1 is 1.21 bits per heavy atom. The number of amides is 2. The Morgan fingerprint density at radius 2 is 2.00 bits per heavy atom. The summed E-state index contributed by atoms with van der Waals surface area (Å²) in [7, 11) is 0. The van der Waals surface area contributed by atoms with E-state index in [2.05, 4.69) is 10.6 Å². The van der Waals surface area contributed by atoms with E-state index < -0.39 is 0 Å². The topological polar surface area (TPSA) is 71.3 Å². The first-order chi connectivity index (χ1) is 9.24. The van der Waals surface area contributed by atoms with E-state index in [9.17, 15) is 9.59 Å². The Hall–Kier alpha value is -1.78. The molecule has 0 bridgehead atoms. The van der Waals surface area contributed by atoms with Crippen molar-refractivity contribution in [2.45, 2.75) is 51.1 Å². The lowest BCUT2D eigenvalue weighted by Gasteiger charge is -2.22. The van der Waals surface area contributed by atoms with Crippen LogP contribution in [0.5, 0.6) is 0 Å². The molecule has 2 amide bonds. The van der Waals surface area contributed by atoms with E-state index in [1.54, 1.807) is 18.4 Å². The van der Waals surface area contributed by atoms with Crippen molar-refractivity contribution < 1.29 is 14.0 Å². The van der Waals surface area contributed by atoms with Gasteiger partial charge in [-0.15, -0.1) is 0 Å². The largest absolute Gasteiger partial charge is 0.467 e. The lowest BCUT2D eigenvalue weighted by atomic mass is 9.95. The zero-order valence-electron chi connectivity index (χ0n) is 11.0. The molecule has 1 aliphatic rings. The molecule has 1 aromatic rings. The van der Waals surface area contributed by atoms with E-state index in [-0.39, 0.29) is 24.3 Å². The summed E-state index contributed by atoms with van der Waals surface area (Å²) >= 11 is 0. The molecule has 0 aliphatic heterocycles. The smallest absolute Gasteiger partial charge is 0.229 e. The van der Waals surface area contributed by atoms with Gasteiger partial charge in [-0.05, 0) is 25.0 Å². The van der Waals surface area contributed by atoms with Crippen LogP contribution in [0.4, 0.5) is 0 Å². The molecule has 0 atom stereocenters. The standard InChI is InChI=1S/C14H20N2O3/c17-13(15-10-12-7-4-8-19-12)9-14(18)16-11-5-2-1-3-6-11/h4,7-8,11H,1-3,5-6,9-10H2,(H,15,17)(H,16,18). The fraction of sp³-hybridized carbons (Fsp3) is 0.571. The summed E-state index contributed by atoms with van der Waals surface area (Å²) in [5.74, 6) is 0.217. The Labute approximate surface area is 112 Å². The molecule has 0 spiro atoms. The van der Waals surface area contributed by atoms with Crippen molar-refractivity contribution in [2.75, 3.05) is 0 Å². The maximum absolute atomic E-state index is 11.7. The highest BCUT2D eigenvalue weighted by atomic mass is 16.3. The molecular formula is C14H20N2O3. The summed E-state index contributed by atoms with van der Waals surface area (Å²) in [6.07, 6.45) is 7.06. The van der Waals surface area contributed by atoms with Gasteiger partial charge in [0.25, 0.3) is 0 Å². The Kier molecular flexibility index (Phi) is 5.01. The van der Waals surface area contributed by atoms with E-state index in [0.717, 1.165) is 25.7 Å². The third kappa shape index (κ3) is 4.77. The molecule has 19 heavy (non-hydrogen) atoms. The second-order valence-corrected chi connectivity index (χ2v) is 4.94. The number of hydrogen-bond acceptors (Lipinski definition) is 3. The Balaban J connectivity index is 1.65. The maximum atomic E-state index is 11.7. The normalized spacial score (nSPS) is 16.0. The third-order valence-electron chi connectivity index (χ3n) is 3.33. The minimum absolute atomic E-state index is 0.114. The van der Waals surface area contributed by atoms with Gasteiger partial charge in [0.1, 0.15) is 12.2 Å². The molecule has 1 aromatic heterocycles. The van der Waals surface area contributed by atoms with Crippen molar-refractivity contribution in [2.24, 2.45) is 0 Å². The molecule has 0 saturated heterocycles. The first-order valence-corrected chi connectivity index (χ1v) is 6.82. The molecule has 0 radical (unpaired) electrons. The third-order valence-corrected chi connectivity index (χ3v) is 3.33. The molecular weight excluding hydrogens is 244 g/mol. The first kappa shape index (κ1) is 13.6. The SMILES string of the molecule is O=C(CC(=O)NC1CCCCC1)NCc1ccco1. The van der Waals surface area contributed by atoms with Crippen molar-refractivity contribution in [3.63, 3.8) is 0 Å². The predicted octanol–water partition coefficient (Wildman–Crippen LogP) is 1.73. The highest BCUT2D eigenvalue weighted by Crippen LogP contribution is 2.17. The van der Waals surface area contributed by atoms with Crippen LogP contribution in [0.25, 0.3) is 0 Å². The second-order valence-electron chi connectivity index (χ2n) is 4.94. The molecule has 1 fully saturated rings. The predicted molar refractivity (Wildman–Crippen MR) is 70.2 cm³/mol. The average molecular weight is 264 g/mol. The van der Waals surface area contributed by atoms with E-state index in [0.29, 0.717) is 12.3 Å². The van der Waals surface area contributed by atoms with Gasteiger partial charge >= 0.3 is 0 Å². The Morgan fingerprint density at radius 3 is 2.68 bits per heavy atom. The van der Waals surface area contributed by atoms with Gasteiger partial charge in [-0.1, -0.05) is 19.3 Å². The minimum atomic E-state index is -0.273. The molecule has 0 unspecified atom stereocenters. The maximum Gasteiger partial charge on any atom is 0.229 e. The number of hydrogen-bond donors (Lipinski definition) is 2. The minimum Gasteiger partial charge on any atom is -0.467 e. The summed E-state index contributed by atoms with van der Waals surface area (Å²) < 4.78 is 5.10. The van der Waals surface area contributed by atoms with Gasteiger partial charge in [-0.3, -0.25) is 9.59 Å². The summed E-state index contributed by atoms with van der Waals surface area (Å²) in [5.41, 5.74) is 0. The molecule has 1 saturated carbocycles. The van der Waals surface area contributed by atoms with E-state index >= 15 is 0 Å². The number of rotatable bonds is 5. The monoisotopic (exact) mass is 264 g/mol. The van der Waals surface area contributed by atoms with Crippen LogP contribution in [0.3, 0.4) is 0 Å². The number of nitrogens with one attached hydrogen (secondary N) is 2. The van der Waals surface area contributed by atoms with Crippen molar-refractivity contribution in [1.82, 2.24) is 10.6 Å². The van der Waals surface area contributed by atoms with Crippen molar-refractivity contribution in [1.29, 1.82) is 0 Å². The zero-order valence-corrected chi connectivity index (χ0v) is 11.0. The van der Waals surface area contributed by atoms with Crippen LogP contribution in [-0.4, -0.2) is 17.9 Å². The van der Waals surface area contributed by atoms with Gasteiger partial charge in [0, 0.05) is 6.04 Å². The fourth-order valence-electron chi connectivity index (χ4n) is 2.33. The summed E-state index contributed by atoms with van der Waals surface area (Å²) in [6, 6.07) is 3.79. The van der Waals surface area contributed by atoms with Crippen LogP contribution < -0.4 is 10.6 Å². The molecule has 104 valence electrons. The molecule has 2 N–H and O–H groups in total. The van der Waals surface area contributed by atoms with E-state index in [1.807, 2.05) is 0 Å². The average Bonchev–Trinajstić information content (AvgIpc) is 2.90. The number of furan rings is 1. The van der Waals surface area contributed by atoms with Crippen LogP contribution in [0.1, 0.15) is 44.3 Å². The van der Waals surface area contributed by atoms with Gasteiger partial charge in [0.2, 0.25) is 11.8 Å². The molecule has 1 aliphatic carbocycles. The number of carbonyl (C=O) groups excluding carboxylic acids is 2. The molecule has 5 heteroatoms. The summed E-state index contributed by atoms with van der Waals surface area (Å²) in [4.78, 5) is 23.3. The van der Waals surface area contributed by atoms with Crippen LogP contribution in [-0.2, 0) is 16.1 Å². The van der Waals surface area contributed by atoms with Gasteiger partial charge in [0.15, 0.2) is 0 Å². The fourth-order valence-corrected chi connectivity index (χ4v) is 2.33. The van der Waals surface area contributed by atoms with Gasteiger partial charge in [-0.25, -0.2) is 0 Å². The zero-order chi connectivity index (χ0) is 13.5. The van der Waals surface area contributed by atoms with Crippen molar-refractivity contribution in [3.05, 3.63) is 24.2 Å². The number of carbonyl (C=O) groups is 2. The molecule has 1 heterocycles. The van der Waals surface area contributed by atoms with Crippen molar-refractivity contribution >= 4 is 11.8 Å². The van der Waals surface area contributed by atoms with Crippen molar-refractivity contribution in [3.8, 4) is 0 Å². The first-order valence-electron chi connectivity index (χ1n) is 6.82. The summed E-state index contributed by atoms with van der Waals surface area (Å²) in [5, 5.41) is 5.58. The lowest BCUT2D eigenvalue weighted by Crippen LogP contribution is -2.38. The molecule has 2 rings (SSSR count). The quantitative estimate of drug-likeness (QED) is 0.796.